The molecule has 2 amide bonds. The molecule has 5 heteroatoms. The van der Waals surface area contributed by atoms with Gasteiger partial charge in [0.05, 0.1) is 5.69 Å². The lowest BCUT2D eigenvalue weighted by Gasteiger charge is -2.16. The van der Waals surface area contributed by atoms with Gasteiger partial charge in [0, 0.05) is 11.6 Å². The standard InChI is InChI=1S/C19H11N3O2/c23-18-16-17(21-11-4-3-10-15(21)20-16)19(24)22(18)14-9-5-7-12-6-1-2-8-13(12)14/h1-11H. The summed E-state index contributed by atoms with van der Waals surface area (Å²) in [7, 11) is 0. The van der Waals surface area contributed by atoms with Gasteiger partial charge in [-0.3, -0.25) is 14.0 Å². The first-order chi connectivity index (χ1) is 11.8. The van der Waals surface area contributed by atoms with Crippen LogP contribution >= 0.6 is 0 Å². The number of pyridine rings is 1. The van der Waals surface area contributed by atoms with Crippen LogP contribution < -0.4 is 4.90 Å². The summed E-state index contributed by atoms with van der Waals surface area (Å²) in [5.41, 5.74) is 1.72. The fraction of sp³-hybridized carbons (Fsp3) is 0. The zero-order chi connectivity index (χ0) is 16.3. The summed E-state index contributed by atoms with van der Waals surface area (Å²) in [4.78, 5) is 31.4. The third-order valence-corrected chi connectivity index (χ3v) is 4.35. The van der Waals surface area contributed by atoms with Gasteiger partial charge in [-0.2, -0.15) is 0 Å². The smallest absolute Gasteiger partial charge is 0.286 e. The number of aromatic nitrogens is 2. The van der Waals surface area contributed by atoms with Crippen LogP contribution in [0, 0.1) is 0 Å². The summed E-state index contributed by atoms with van der Waals surface area (Å²) in [5.74, 6) is -0.722. The molecule has 3 heterocycles. The predicted molar refractivity (Wildman–Crippen MR) is 90.3 cm³/mol. The first-order valence-corrected chi connectivity index (χ1v) is 7.59. The Morgan fingerprint density at radius 3 is 2.50 bits per heavy atom. The van der Waals surface area contributed by atoms with E-state index in [2.05, 4.69) is 4.98 Å². The maximum absolute atomic E-state index is 13.0. The summed E-state index contributed by atoms with van der Waals surface area (Å²) in [6, 6.07) is 18.7. The zero-order valence-electron chi connectivity index (χ0n) is 12.5. The molecule has 0 saturated heterocycles. The Labute approximate surface area is 136 Å². The van der Waals surface area contributed by atoms with Crippen molar-refractivity contribution in [3.8, 4) is 0 Å². The van der Waals surface area contributed by atoms with Gasteiger partial charge in [-0.1, -0.05) is 42.5 Å². The average molecular weight is 313 g/mol. The predicted octanol–water partition coefficient (Wildman–Crippen LogP) is 3.29. The molecule has 0 unspecified atom stereocenters. The van der Waals surface area contributed by atoms with E-state index < -0.39 is 0 Å². The molecule has 0 aliphatic carbocycles. The van der Waals surface area contributed by atoms with Crippen LogP contribution in [0.15, 0.2) is 66.9 Å². The fourth-order valence-corrected chi connectivity index (χ4v) is 3.28. The van der Waals surface area contributed by atoms with E-state index in [4.69, 9.17) is 0 Å². The van der Waals surface area contributed by atoms with E-state index in [1.54, 1.807) is 22.7 Å². The number of anilines is 1. The average Bonchev–Trinajstić information content (AvgIpc) is 3.11. The van der Waals surface area contributed by atoms with E-state index in [-0.39, 0.29) is 17.5 Å². The lowest BCUT2D eigenvalue weighted by Crippen LogP contribution is -2.30. The molecule has 114 valence electrons. The molecule has 5 rings (SSSR count). The normalized spacial score (nSPS) is 13.9. The monoisotopic (exact) mass is 313 g/mol. The highest BCUT2D eigenvalue weighted by molar-refractivity contribution is 6.35. The molecule has 1 aliphatic heterocycles. The summed E-state index contributed by atoms with van der Waals surface area (Å²) >= 11 is 0. The minimum Gasteiger partial charge on any atom is -0.295 e. The molecule has 0 N–H and O–H groups in total. The molecule has 5 nitrogen and oxygen atoms in total. The fourth-order valence-electron chi connectivity index (χ4n) is 3.28. The molecule has 0 fully saturated rings. The Balaban J connectivity index is 1.76. The SMILES string of the molecule is O=C1c2nc3ccccn3c2C(=O)N1c1cccc2ccccc12. The molecular weight excluding hydrogens is 302 g/mol. The number of benzene rings is 2. The topological polar surface area (TPSA) is 54.7 Å². The van der Waals surface area contributed by atoms with E-state index in [0.29, 0.717) is 17.0 Å². The lowest BCUT2D eigenvalue weighted by molar-refractivity contribution is 0.0922. The van der Waals surface area contributed by atoms with E-state index >= 15 is 0 Å². The van der Waals surface area contributed by atoms with Crippen LogP contribution in [0.4, 0.5) is 5.69 Å². The number of imidazole rings is 1. The van der Waals surface area contributed by atoms with Gasteiger partial charge >= 0.3 is 0 Å². The summed E-state index contributed by atoms with van der Waals surface area (Å²) in [5, 5.41) is 1.84. The first-order valence-electron chi connectivity index (χ1n) is 7.59. The molecule has 24 heavy (non-hydrogen) atoms. The minimum atomic E-state index is -0.380. The number of hydrogen-bond acceptors (Lipinski definition) is 3. The quantitative estimate of drug-likeness (QED) is 0.507. The Bertz CT molecular complexity index is 1150. The Kier molecular flexibility index (Phi) is 2.45. The van der Waals surface area contributed by atoms with Crippen LogP contribution in [0.2, 0.25) is 0 Å². The van der Waals surface area contributed by atoms with Gasteiger partial charge in [0.15, 0.2) is 5.69 Å². The van der Waals surface area contributed by atoms with Gasteiger partial charge in [-0.05, 0) is 23.6 Å². The maximum Gasteiger partial charge on any atom is 0.286 e. The van der Waals surface area contributed by atoms with Gasteiger partial charge in [0.2, 0.25) is 0 Å². The molecule has 4 aromatic rings. The van der Waals surface area contributed by atoms with Crippen molar-refractivity contribution in [1.82, 2.24) is 9.38 Å². The van der Waals surface area contributed by atoms with Crippen LogP contribution in [0.25, 0.3) is 16.4 Å². The maximum atomic E-state index is 13.0. The van der Waals surface area contributed by atoms with Crippen molar-refractivity contribution in [3.63, 3.8) is 0 Å². The van der Waals surface area contributed by atoms with Crippen molar-refractivity contribution in [2.45, 2.75) is 0 Å². The Morgan fingerprint density at radius 2 is 1.58 bits per heavy atom. The second kappa shape index (κ2) is 4.52. The molecule has 0 spiro atoms. The second-order valence-corrected chi connectivity index (χ2v) is 5.68. The van der Waals surface area contributed by atoms with Gasteiger partial charge < -0.3 is 0 Å². The number of imide groups is 1. The molecular formula is C19H11N3O2. The van der Waals surface area contributed by atoms with Crippen molar-refractivity contribution in [3.05, 3.63) is 78.2 Å². The second-order valence-electron chi connectivity index (χ2n) is 5.68. The number of carbonyl (C=O) groups is 2. The van der Waals surface area contributed by atoms with Crippen LogP contribution in [-0.4, -0.2) is 21.2 Å². The minimum absolute atomic E-state index is 0.208. The van der Waals surface area contributed by atoms with E-state index in [0.717, 1.165) is 10.8 Å². The zero-order valence-corrected chi connectivity index (χ0v) is 12.5. The summed E-state index contributed by atoms with van der Waals surface area (Å²) < 4.78 is 1.67. The van der Waals surface area contributed by atoms with Crippen molar-refractivity contribution in [2.24, 2.45) is 0 Å². The summed E-state index contributed by atoms with van der Waals surface area (Å²) in [6.07, 6.45) is 1.75. The van der Waals surface area contributed by atoms with Crippen molar-refractivity contribution in [1.29, 1.82) is 0 Å². The van der Waals surface area contributed by atoms with Crippen LogP contribution in [-0.2, 0) is 0 Å². The number of hydrogen-bond donors (Lipinski definition) is 0. The van der Waals surface area contributed by atoms with Gasteiger partial charge in [-0.25, -0.2) is 9.88 Å². The highest BCUT2D eigenvalue weighted by Gasteiger charge is 2.41. The molecule has 0 bridgehead atoms. The van der Waals surface area contributed by atoms with Crippen molar-refractivity contribution < 1.29 is 9.59 Å². The van der Waals surface area contributed by atoms with E-state index in [9.17, 15) is 9.59 Å². The number of fused-ring (bicyclic) bond motifs is 4. The third kappa shape index (κ3) is 1.55. The summed E-state index contributed by atoms with van der Waals surface area (Å²) in [6.45, 7) is 0. The highest BCUT2D eigenvalue weighted by Crippen LogP contribution is 2.33. The van der Waals surface area contributed by atoms with Gasteiger partial charge in [0.25, 0.3) is 11.8 Å². The van der Waals surface area contributed by atoms with E-state index in [1.807, 2.05) is 48.5 Å². The number of carbonyl (C=O) groups excluding carboxylic acids is 2. The lowest BCUT2D eigenvalue weighted by atomic mass is 10.1. The van der Waals surface area contributed by atoms with Crippen LogP contribution in [0.1, 0.15) is 21.0 Å². The van der Waals surface area contributed by atoms with Crippen molar-refractivity contribution >= 4 is 33.9 Å². The Hall–Kier alpha value is -3.47. The number of amides is 2. The first kappa shape index (κ1) is 13.0. The highest BCUT2D eigenvalue weighted by atomic mass is 16.2. The molecule has 0 atom stereocenters. The van der Waals surface area contributed by atoms with E-state index in [1.165, 1.54) is 4.90 Å². The third-order valence-electron chi connectivity index (χ3n) is 4.35. The number of rotatable bonds is 1. The van der Waals surface area contributed by atoms with Crippen LogP contribution in [0.5, 0.6) is 0 Å². The molecule has 0 radical (unpaired) electrons. The van der Waals surface area contributed by atoms with Gasteiger partial charge in [0.1, 0.15) is 11.3 Å². The molecule has 2 aromatic heterocycles. The largest absolute Gasteiger partial charge is 0.295 e. The van der Waals surface area contributed by atoms with Gasteiger partial charge in [-0.15, -0.1) is 0 Å². The molecule has 1 aliphatic rings. The number of nitrogens with zero attached hydrogens (tertiary/aromatic N) is 3. The molecule has 0 saturated carbocycles. The van der Waals surface area contributed by atoms with Crippen LogP contribution in [0.3, 0.4) is 0 Å². The van der Waals surface area contributed by atoms with Crippen molar-refractivity contribution in [2.75, 3.05) is 4.90 Å². The molecule has 2 aromatic carbocycles. The Morgan fingerprint density at radius 1 is 0.792 bits per heavy atom.